The average Bonchev–Trinajstić information content (AvgIpc) is 2.50. The monoisotopic (exact) mass is 370 g/mol. The van der Waals surface area contributed by atoms with Gasteiger partial charge in [0.1, 0.15) is 10.6 Å². The first-order valence-corrected chi connectivity index (χ1v) is 8.93. The van der Waals surface area contributed by atoms with E-state index in [1.54, 1.807) is 13.2 Å². The van der Waals surface area contributed by atoms with Crippen molar-refractivity contribution in [3.8, 4) is 0 Å². The number of carbonyl (C=O) groups is 1. The molecule has 8 heteroatoms. The predicted octanol–water partition coefficient (Wildman–Crippen LogP) is 2.56. The molecule has 0 saturated carbocycles. The number of ether oxygens (including phenoxy) is 1. The van der Waals surface area contributed by atoms with Gasteiger partial charge >= 0.3 is 6.09 Å². The smallest absolute Gasteiger partial charge is 0.407 e. The SMILES string of the molecule is CC1CCCN(c2cnn(C)c(=O)c2Cl)C1CNC(=O)OC(C)(C)C. The molecule has 2 atom stereocenters. The van der Waals surface area contributed by atoms with Gasteiger partial charge in [-0.3, -0.25) is 4.79 Å². The van der Waals surface area contributed by atoms with Gasteiger partial charge in [-0.15, -0.1) is 0 Å². The van der Waals surface area contributed by atoms with Crippen LogP contribution in [-0.4, -0.2) is 40.6 Å². The third-order valence-electron chi connectivity index (χ3n) is 4.34. The fourth-order valence-corrected chi connectivity index (χ4v) is 3.34. The molecule has 1 saturated heterocycles. The maximum atomic E-state index is 12.1. The Bertz CT molecular complexity index is 683. The van der Waals surface area contributed by atoms with Crippen LogP contribution in [0.3, 0.4) is 0 Å². The van der Waals surface area contributed by atoms with Crippen LogP contribution >= 0.6 is 11.6 Å². The summed E-state index contributed by atoms with van der Waals surface area (Å²) < 4.78 is 6.52. The van der Waals surface area contributed by atoms with Gasteiger partial charge in [-0.1, -0.05) is 18.5 Å². The van der Waals surface area contributed by atoms with Gasteiger partial charge in [0.05, 0.1) is 11.9 Å². The highest BCUT2D eigenvalue weighted by Crippen LogP contribution is 2.31. The van der Waals surface area contributed by atoms with Gasteiger partial charge in [-0.25, -0.2) is 9.48 Å². The van der Waals surface area contributed by atoms with Crippen molar-refractivity contribution in [3.63, 3.8) is 0 Å². The highest BCUT2D eigenvalue weighted by Gasteiger charge is 2.31. The Balaban J connectivity index is 2.17. The highest BCUT2D eigenvalue weighted by molar-refractivity contribution is 6.33. The number of aromatic nitrogens is 2. The largest absolute Gasteiger partial charge is 0.444 e. The normalized spacial score (nSPS) is 21.1. The number of piperidine rings is 1. The van der Waals surface area contributed by atoms with Crippen molar-refractivity contribution in [2.24, 2.45) is 13.0 Å². The number of rotatable bonds is 3. The first-order valence-electron chi connectivity index (χ1n) is 8.55. The van der Waals surface area contributed by atoms with E-state index in [1.807, 2.05) is 20.8 Å². The molecule has 1 fully saturated rings. The molecule has 2 rings (SSSR count). The second kappa shape index (κ2) is 7.64. The molecule has 1 aromatic rings. The molecule has 140 valence electrons. The minimum absolute atomic E-state index is 0.0210. The van der Waals surface area contributed by atoms with Crippen LogP contribution in [0.4, 0.5) is 10.5 Å². The van der Waals surface area contributed by atoms with E-state index < -0.39 is 11.7 Å². The van der Waals surface area contributed by atoms with E-state index in [0.29, 0.717) is 18.2 Å². The van der Waals surface area contributed by atoms with Crippen LogP contribution in [0, 0.1) is 5.92 Å². The maximum absolute atomic E-state index is 12.1. The minimum Gasteiger partial charge on any atom is -0.444 e. The van der Waals surface area contributed by atoms with Crippen LogP contribution in [-0.2, 0) is 11.8 Å². The van der Waals surface area contributed by atoms with Crippen LogP contribution in [0.2, 0.25) is 5.02 Å². The van der Waals surface area contributed by atoms with Gasteiger partial charge in [-0.05, 0) is 39.5 Å². The van der Waals surface area contributed by atoms with Gasteiger partial charge in [0, 0.05) is 26.2 Å². The predicted molar refractivity (Wildman–Crippen MR) is 98.3 cm³/mol. The molecule has 0 bridgehead atoms. The molecule has 7 nitrogen and oxygen atoms in total. The van der Waals surface area contributed by atoms with E-state index in [9.17, 15) is 9.59 Å². The van der Waals surface area contributed by atoms with E-state index in [4.69, 9.17) is 16.3 Å². The molecular formula is C17H27ClN4O3. The lowest BCUT2D eigenvalue weighted by atomic mass is 9.90. The summed E-state index contributed by atoms with van der Waals surface area (Å²) in [5.74, 6) is 0.337. The molecule has 0 aliphatic carbocycles. The molecule has 2 unspecified atom stereocenters. The van der Waals surface area contributed by atoms with Gasteiger partial charge in [0.25, 0.3) is 5.56 Å². The van der Waals surface area contributed by atoms with Crippen molar-refractivity contribution in [1.82, 2.24) is 15.1 Å². The number of nitrogens with one attached hydrogen (secondary N) is 1. The third kappa shape index (κ3) is 4.87. The molecule has 0 radical (unpaired) electrons. The van der Waals surface area contributed by atoms with Crippen molar-refractivity contribution in [2.45, 2.75) is 52.2 Å². The van der Waals surface area contributed by atoms with Gasteiger partial charge < -0.3 is 15.0 Å². The van der Waals surface area contributed by atoms with Crippen molar-refractivity contribution in [2.75, 3.05) is 18.0 Å². The lowest BCUT2D eigenvalue weighted by Crippen LogP contribution is -2.51. The molecule has 1 aromatic heterocycles. The second-order valence-electron chi connectivity index (χ2n) is 7.54. The molecule has 0 aromatic carbocycles. The van der Waals surface area contributed by atoms with Crippen LogP contribution in [0.1, 0.15) is 40.5 Å². The first-order chi connectivity index (χ1) is 11.6. The van der Waals surface area contributed by atoms with Crippen LogP contribution in [0.5, 0.6) is 0 Å². The topological polar surface area (TPSA) is 76.5 Å². The quantitative estimate of drug-likeness (QED) is 0.884. The van der Waals surface area contributed by atoms with Gasteiger partial charge in [0.2, 0.25) is 0 Å². The maximum Gasteiger partial charge on any atom is 0.407 e. The average molecular weight is 371 g/mol. The van der Waals surface area contributed by atoms with E-state index in [2.05, 4.69) is 22.2 Å². The summed E-state index contributed by atoms with van der Waals surface area (Å²) in [7, 11) is 1.57. The number of anilines is 1. The second-order valence-corrected chi connectivity index (χ2v) is 7.91. The third-order valence-corrected chi connectivity index (χ3v) is 4.69. The minimum atomic E-state index is -0.541. The molecule has 25 heavy (non-hydrogen) atoms. The van der Waals surface area contributed by atoms with Crippen molar-refractivity contribution in [3.05, 3.63) is 21.6 Å². The van der Waals surface area contributed by atoms with E-state index >= 15 is 0 Å². The van der Waals surface area contributed by atoms with Crippen molar-refractivity contribution in [1.29, 1.82) is 0 Å². The number of halogens is 1. The van der Waals surface area contributed by atoms with Gasteiger partial charge in [-0.2, -0.15) is 5.10 Å². The fraction of sp³-hybridized carbons (Fsp3) is 0.706. The number of hydrogen-bond donors (Lipinski definition) is 1. The van der Waals surface area contributed by atoms with Gasteiger partial charge in [0.15, 0.2) is 0 Å². The number of amides is 1. The highest BCUT2D eigenvalue weighted by atomic mass is 35.5. The van der Waals surface area contributed by atoms with E-state index in [0.717, 1.165) is 19.4 Å². The lowest BCUT2D eigenvalue weighted by Gasteiger charge is -2.41. The Labute approximate surface area is 153 Å². The van der Waals surface area contributed by atoms with Crippen molar-refractivity contribution < 1.29 is 9.53 Å². The fourth-order valence-electron chi connectivity index (χ4n) is 3.06. The van der Waals surface area contributed by atoms with Crippen molar-refractivity contribution >= 4 is 23.4 Å². The Kier molecular flexibility index (Phi) is 5.98. The zero-order chi connectivity index (χ0) is 18.8. The molecule has 1 amide bonds. The number of hydrogen-bond acceptors (Lipinski definition) is 5. The summed E-state index contributed by atoms with van der Waals surface area (Å²) in [6.45, 7) is 8.80. The first kappa shape index (κ1) is 19.6. The Morgan fingerprint density at radius 3 is 2.80 bits per heavy atom. The van der Waals surface area contributed by atoms with E-state index in [-0.39, 0.29) is 16.6 Å². The molecular weight excluding hydrogens is 344 g/mol. The molecule has 1 N–H and O–H groups in total. The van der Waals surface area contributed by atoms with Crippen LogP contribution in [0.25, 0.3) is 0 Å². The summed E-state index contributed by atoms with van der Waals surface area (Å²) >= 11 is 6.27. The molecule has 1 aliphatic rings. The van der Waals surface area contributed by atoms with Crippen LogP contribution in [0.15, 0.2) is 11.0 Å². The number of aryl methyl sites for hydroxylation is 1. The number of carbonyl (C=O) groups excluding carboxylic acids is 1. The Hall–Kier alpha value is -1.76. The summed E-state index contributed by atoms with van der Waals surface area (Å²) in [5.41, 5.74) is -0.246. The molecule has 0 spiro atoms. The summed E-state index contributed by atoms with van der Waals surface area (Å²) in [6.07, 6.45) is 3.21. The molecule has 1 aliphatic heterocycles. The number of nitrogens with zero attached hydrogens (tertiary/aromatic N) is 3. The van der Waals surface area contributed by atoms with E-state index in [1.165, 1.54) is 4.68 Å². The zero-order valence-electron chi connectivity index (χ0n) is 15.5. The summed E-state index contributed by atoms with van der Waals surface area (Å²) in [6, 6.07) is 0.0210. The summed E-state index contributed by atoms with van der Waals surface area (Å²) in [5, 5.41) is 7.08. The van der Waals surface area contributed by atoms with Crippen LogP contribution < -0.4 is 15.8 Å². The molecule has 2 heterocycles. The lowest BCUT2D eigenvalue weighted by molar-refractivity contribution is 0.0519. The standard InChI is InChI=1S/C17H27ClN4O3/c1-11-7-6-8-22(13-10-20-21(5)15(23)14(13)18)12(11)9-19-16(24)25-17(2,3)4/h10-12H,6-9H2,1-5H3,(H,19,24). The number of alkyl carbamates (subject to hydrolysis) is 1. The Morgan fingerprint density at radius 1 is 1.48 bits per heavy atom. The Morgan fingerprint density at radius 2 is 2.16 bits per heavy atom. The summed E-state index contributed by atoms with van der Waals surface area (Å²) in [4.78, 5) is 26.1. The zero-order valence-corrected chi connectivity index (χ0v) is 16.3.